The summed E-state index contributed by atoms with van der Waals surface area (Å²) in [7, 11) is 0. The molecule has 0 aliphatic rings. The average Bonchev–Trinajstić information content (AvgIpc) is 2.88. The largest absolute Gasteiger partial charge is 0.472 e. The van der Waals surface area contributed by atoms with Crippen LogP contribution in [0.25, 0.3) is 12.2 Å². The molecule has 2 aromatic heterocycles. The molecule has 0 spiro atoms. The van der Waals surface area contributed by atoms with E-state index in [0.29, 0.717) is 0 Å². The number of hydrogen-bond acceptors (Lipinski definition) is 3. The first-order valence-corrected chi connectivity index (χ1v) is 4.51. The Morgan fingerprint density at radius 1 is 0.867 bits per heavy atom. The zero-order valence-electron chi connectivity index (χ0n) is 8.00. The summed E-state index contributed by atoms with van der Waals surface area (Å²) >= 11 is 0. The molecule has 0 aliphatic carbocycles. The smallest absolute Gasteiger partial charge is 0.129 e. The third-order valence-corrected chi connectivity index (χ3v) is 1.71. The second kappa shape index (κ2) is 4.91. The van der Waals surface area contributed by atoms with Crippen LogP contribution in [0.5, 0.6) is 0 Å². The van der Waals surface area contributed by atoms with Crippen molar-refractivity contribution in [2.24, 2.45) is 0 Å². The Morgan fingerprint density at radius 3 is 1.80 bits per heavy atom. The van der Waals surface area contributed by atoms with Gasteiger partial charge >= 0.3 is 0 Å². The van der Waals surface area contributed by atoms with E-state index in [9.17, 15) is 0 Å². The highest BCUT2D eigenvalue weighted by Gasteiger charge is 1.87. The normalized spacial score (nSPS) is 11.5. The van der Waals surface area contributed by atoms with Crippen LogP contribution in [-0.2, 0) is 4.74 Å². The van der Waals surface area contributed by atoms with Crippen LogP contribution >= 0.6 is 0 Å². The lowest BCUT2D eigenvalue weighted by Crippen LogP contribution is -1.66. The molecule has 0 saturated carbocycles. The Kier molecular flexibility index (Phi) is 3.07. The van der Waals surface area contributed by atoms with Gasteiger partial charge in [-0.25, -0.2) is 0 Å². The topological polar surface area (TPSA) is 35.5 Å². The maximum absolute atomic E-state index is 5.10. The first-order valence-electron chi connectivity index (χ1n) is 4.51. The molecule has 0 amide bonds. The highest BCUT2D eigenvalue weighted by molar-refractivity contribution is 5.42. The highest BCUT2D eigenvalue weighted by atomic mass is 16.5. The van der Waals surface area contributed by atoms with Crippen molar-refractivity contribution in [3.05, 3.63) is 60.8 Å². The van der Waals surface area contributed by atoms with Crippen LogP contribution in [0.15, 0.2) is 58.2 Å². The van der Waals surface area contributed by atoms with Gasteiger partial charge < -0.3 is 13.6 Å². The van der Waals surface area contributed by atoms with Crippen molar-refractivity contribution in [3.63, 3.8) is 0 Å². The van der Waals surface area contributed by atoms with Gasteiger partial charge in [-0.3, -0.25) is 0 Å². The van der Waals surface area contributed by atoms with Crippen LogP contribution in [0.3, 0.4) is 0 Å². The molecule has 2 aromatic rings. The molecule has 2 rings (SSSR count). The van der Waals surface area contributed by atoms with Gasteiger partial charge in [0.05, 0.1) is 25.1 Å². The van der Waals surface area contributed by atoms with Gasteiger partial charge in [-0.15, -0.1) is 0 Å². The van der Waals surface area contributed by atoms with E-state index in [0.717, 1.165) is 11.5 Å². The maximum atomic E-state index is 5.10. The molecule has 3 heteroatoms. The van der Waals surface area contributed by atoms with E-state index in [4.69, 9.17) is 13.6 Å². The lowest BCUT2D eigenvalue weighted by atomic mass is 10.4. The van der Waals surface area contributed by atoms with Gasteiger partial charge in [0.15, 0.2) is 0 Å². The predicted molar refractivity (Wildman–Crippen MR) is 56.6 cm³/mol. The summed E-state index contributed by atoms with van der Waals surface area (Å²) in [6.45, 7) is 0. The zero-order chi connectivity index (χ0) is 10.3. The molecule has 0 unspecified atom stereocenters. The van der Waals surface area contributed by atoms with E-state index in [1.165, 1.54) is 12.5 Å². The van der Waals surface area contributed by atoms with E-state index in [1.54, 1.807) is 24.7 Å². The Morgan fingerprint density at radius 2 is 1.40 bits per heavy atom. The molecule has 0 fully saturated rings. The summed E-state index contributed by atoms with van der Waals surface area (Å²) in [5.41, 5.74) is 0. The predicted octanol–water partition coefficient (Wildman–Crippen LogP) is 3.53. The quantitative estimate of drug-likeness (QED) is 0.711. The molecule has 0 aliphatic heterocycles. The van der Waals surface area contributed by atoms with Crippen molar-refractivity contribution in [3.8, 4) is 0 Å². The van der Waals surface area contributed by atoms with Crippen LogP contribution in [0.4, 0.5) is 0 Å². The molecule has 0 N–H and O–H groups in total. The first-order chi connectivity index (χ1) is 7.45. The van der Waals surface area contributed by atoms with Crippen molar-refractivity contribution in [2.45, 2.75) is 0 Å². The fourth-order valence-electron chi connectivity index (χ4n) is 1.03. The lowest BCUT2D eigenvalue weighted by Gasteiger charge is -1.88. The van der Waals surface area contributed by atoms with E-state index in [1.807, 2.05) is 24.3 Å². The summed E-state index contributed by atoms with van der Waals surface area (Å²) in [6, 6.07) is 7.32. The van der Waals surface area contributed by atoms with E-state index in [-0.39, 0.29) is 0 Å². The van der Waals surface area contributed by atoms with Crippen molar-refractivity contribution in [2.75, 3.05) is 0 Å². The molecule has 3 nitrogen and oxygen atoms in total. The molecular formula is C12H10O3. The van der Waals surface area contributed by atoms with E-state index in [2.05, 4.69) is 0 Å². The Hall–Kier alpha value is -2.16. The minimum Gasteiger partial charge on any atom is -0.472 e. The van der Waals surface area contributed by atoms with Gasteiger partial charge in [0.1, 0.15) is 11.5 Å². The lowest BCUT2D eigenvalue weighted by molar-refractivity contribution is 0.407. The van der Waals surface area contributed by atoms with Crippen LogP contribution in [0, 0.1) is 0 Å². The Balaban J connectivity index is 1.80. The maximum Gasteiger partial charge on any atom is 0.129 e. The van der Waals surface area contributed by atoms with Crippen molar-refractivity contribution < 1.29 is 13.6 Å². The molecule has 2 heterocycles. The molecule has 15 heavy (non-hydrogen) atoms. The number of rotatable bonds is 4. The SMILES string of the molecule is C(=Cc1ccco1)OC=Cc1ccco1. The Bertz CT molecular complexity index is 379. The van der Waals surface area contributed by atoms with Gasteiger partial charge in [0, 0.05) is 12.2 Å². The fourth-order valence-corrected chi connectivity index (χ4v) is 1.03. The van der Waals surface area contributed by atoms with Crippen molar-refractivity contribution in [1.29, 1.82) is 0 Å². The standard InChI is InChI=1S/C12H10O3/c1-3-11(14-7-1)5-9-13-10-6-12-4-2-8-15-12/h1-10H. The minimum atomic E-state index is 0.751. The third-order valence-electron chi connectivity index (χ3n) is 1.71. The molecule has 76 valence electrons. The summed E-state index contributed by atoms with van der Waals surface area (Å²) < 4.78 is 15.3. The summed E-state index contributed by atoms with van der Waals surface area (Å²) in [5.74, 6) is 1.50. The molecule has 0 atom stereocenters. The molecule has 0 saturated heterocycles. The third kappa shape index (κ3) is 2.91. The van der Waals surface area contributed by atoms with Crippen LogP contribution in [-0.4, -0.2) is 0 Å². The molecule has 0 bridgehead atoms. The van der Waals surface area contributed by atoms with Crippen LogP contribution < -0.4 is 0 Å². The first kappa shape index (κ1) is 9.40. The zero-order valence-corrected chi connectivity index (χ0v) is 8.00. The minimum absolute atomic E-state index is 0.751. The number of furan rings is 2. The number of hydrogen-bond donors (Lipinski definition) is 0. The average molecular weight is 202 g/mol. The van der Waals surface area contributed by atoms with E-state index < -0.39 is 0 Å². The van der Waals surface area contributed by atoms with Crippen LogP contribution in [0.2, 0.25) is 0 Å². The van der Waals surface area contributed by atoms with Gasteiger partial charge in [0.2, 0.25) is 0 Å². The van der Waals surface area contributed by atoms with E-state index >= 15 is 0 Å². The van der Waals surface area contributed by atoms with Gasteiger partial charge in [-0.1, -0.05) is 0 Å². The Labute approximate surface area is 87.3 Å². The second-order valence-corrected chi connectivity index (χ2v) is 2.77. The summed E-state index contributed by atoms with van der Waals surface area (Å²) in [5, 5.41) is 0. The highest BCUT2D eigenvalue weighted by Crippen LogP contribution is 2.04. The summed E-state index contributed by atoms with van der Waals surface area (Å²) in [4.78, 5) is 0. The van der Waals surface area contributed by atoms with Gasteiger partial charge in [-0.05, 0) is 24.3 Å². The fraction of sp³-hybridized carbons (Fsp3) is 0. The van der Waals surface area contributed by atoms with Gasteiger partial charge in [-0.2, -0.15) is 0 Å². The molecular weight excluding hydrogens is 192 g/mol. The van der Waals surface area contributed by atoms with Gasteiger partial charge in [0.25, 0.3) is 0 Å². The van der Waals surface area contributed by atoms with Crippen molar-refractivity contribution in [1.82, 2.24) is 0 Å². The second-order valence-electron chi connectivity index (χ2n) is 2.77. The van der Waals surface area contributed by atoms with Crippen molar-refractivity contribution >= 4 is 12.2 Å². The molecule has 0 aromatic carbocycles. The number of ether oxygens (including phenoxy) is 1. The van der Waals surface area contributed by atoms with Crippen LogP contribution in [0.1, 0.15) is 11.5 Å². The monoisotopic (exact) mass is 202 g/mol. The molecule has 0 radical (unpaired) electrons. The summed E-state index contributed by atoms with van der Waals surface area (Å²) in [6.07, 6.45) is 9.76.